The number of fused-ring (bicyclic) bond motifs is 2. The molecule has 0 saturated heterocycles. The van der Waals surface area contributed by atoms with Crippen molar-refractivity contribution < 1.29 is 43.4 Å². The molecule has 0 amide bonds. The summed E-state index contributed by atoms with van der Waals surface area (Å²) in [5.41, 5.74) is 5.82. The Bertz CT molecular complexity index is 995. The number of rotatable bonds is 2. The summed E-state index contributed by atoms with van der Waals surface area (Å²) in [6.07, 6.45) is 12.3. The van der Waals surface area contributed by atoms with E-state index < -0.39 is 0 Å². The van der Waals surface area contributed by atoms with Gasteiger partial charge in [0, 0.05) is 0 Å². The number of nitrogens with zero attached hydrogens (tertiary/aromatic N) is 5. The van der Waals surface area contributed by atoms with Gasteiger partial charge in [0.25, 0.3) is 0 Å². The molecule has 5 rings (SSSR count). The number of hydrogen-bond acceptors (Lipinski definition) is 5. The van der Waals surface area contributed by atoms with Gasteiger partial charge >= 0.3 is 18.6 Å². The van der Waals surface area contributed by atoms with Crippen LogP contribution in [0.15, 0.2) is 85.8 Å². The third kappa shape index (κ3) is 4.14. The SMILES string of the molecule is CC1=CC=CC2N=C(c3cccc(C4=NC5C=CC=C(C)C5=N4)n3)N=C12.[Cl-].[Cl-].[V+2]. The van der Waals surface area contributed by atoms with Crippen molar-refractivity contribution in [1.29, 1.82) is 0 Å². The Balaban J connectivity index is 0.000001000. The monoisotopic (exact) mass is 460 g/mol. The summed E-state index contributed by atoms with van der Waals surface area (Å²) in [6.45, 7) is 4.12. The predicted molar refractivity (Wildman–Crippen MR) is 106 cm³/mol. The molecular formula is C21H17Cl2N5V. The van der Waals surface area contributed by atoms with Crippen LogP contribution in [0, 0.1) is 0 Å². The average molecular weight is 461 g/mol. The van der Waals surface area contributed by atoms with Gasteiger partial charge in [0.2, 0.25) is 0 Å². The van der Waals surface area contributed by atoms with E-state index in [9.17, 15) is 0 Å². The fraction of sp³-hybridized carbons (Fsp3) is 0.190. The molecule has 0 aromatic carbocycles. The van der Waals surface area contributed by atoms with Crippen LogP contribution in [0.5, 0.6) is 0 Å². The summed E-state index contributed by atoms with van der Waals surface area (Å²) in [5, 5.41) is 0. The quantitative estimate of drug-likeness (QED) is 0.472. The number of amidine groups is 2. The van der Waals surface area contributed by atoms with E-state index in [1.54, 1.807) is 0 Å². The van der Waals surface area contributed by atoms with Gasteiger partial charge in [-0.1, -0.05) is 42.5 Å². The summed E-state index contributed by atoms with van der Waals surface area (Å²) in [6, 6.07) is 5.85. The molecule has 1 aromatic rings. The molecule has 3 heterocycles. The molecule has 1 radical (unpaired) electrons. The van der Waals surface area contributed by atoms with Gasteiger partial charge in [-0.3, -0.25) is 9.98 Å². The summed E-state index contributed by atoms with van der Waals surface area (Å²) < 4.78 is 0. The van der Waals surface area contributed by atoms with E-state index in [0.717, 1.165) is 34.0 Å². The van der Waals surface area contributed by atoms with Crippen LogP contribution in [0.1, 0.15) is 25.2 Å². The van der Waals surface area contributed by atoms with Crippen LogP contribution in [-0.2, 0) is 18.6 Å². The van der Waals surface area contributed by atoms with Gasteiger partial charge in [-0.05, 0) is 37.1 Å². The molecule has 0 spiro atoms. The second kappa shape index (κ2) is 9.18. The van der Waals surface area contributed by atoms with Crippen molar-refractivity contribution in [2.24, 2.45) is 20.0 Å². The third-order valence-corrected chi connectivity index (χ3v) is 4.83. The molecule has 0 N–H and O–H groups in total. The van der Waals surface area contributed by atoms with Crippen LogP contribution in [0.4, 0.5) is 0 Å². The van der Waals surface area contributed by atoms with E-state index in [0.29, 0.717) is 11.7 Å². The maximum absolute atomic E-state index is 4.74. The van der Waals surface area contributed by atoms with E-state index in [4.69, 9.17) is 25.0 Å². The Morgan fingerprint density at radius 3 is 1.59 bits per heavy atom. The zero-order valence-corrected chi connectivity index (χ0v) is 18.7. The van der Waals surface area contributed by atoms with Crippen molar-refractivity contribution in [1.82, 2.24) is 4.98 Å². The second-order valence-corrected chi connectivity index (χ2v) is 6.67. The van der Waals surface area contributed by atoms with Crippen molar-refractivity contribution in [2.75, 3.05) is 0 Å². The largest absolute Gasteiger partial charge is 2.00 e. The Morgan fingerprint density at radius 2 is 1.17 bits per heavy atom. The van der Waals surface area contributed by atoms with Crippen molar-refractivity contribution in [2.45, 2.75) is 25.9 Å². The van der Waals surface area contributed by atoms with Gasteiger partial charge < -0.3 is 24.8 Å². The standard InChI is InChI=1S/C21H17N5.2ClH.V/c1-12-6-3-8-14-18(12)25-20(23-14)16-10-5-11-17(22-16)21-24-15-9-4-7-13(2)19(15)26-21;;;/h3-11,14-15H,1-2H3;2*1H;/q;;;+2/p-2. The van der Waals surface area contributed by atoms with E-state index >= 15 is 0 Å². The molecule has 2 aliphatic carbocycles. The van der Waals surface area contributed by atoms with E-state index in [-0.39, 0.29) is 55.5 Å². The Kier molecular flexibility index (Phi) is 7.36. The summed E-state index contributed by atoms with van der Waals surface area (Å²) >= 11 is 0. The van der Waals surface area contributed by atoms with E-state index in [1.807, 2.05) is 30.4 Å². The minimum atomic E-state index is 0. The molecule has 0 fully saturated rings. The third-order valence-electron chi connectivity index (χ3n) is 4.83. The minimum Gasteiger partial charge on any atom is -1.00 e. The molecule has 0 bridgehead atoms. The van der Waals surface area contributed by atoms with Crippen molar-refractivity contribution in [3.63, 3.8) is 0 Å². The normalized spacial score (nSPS) is 23.0. The fourth-order valence-corrected chi connectivity index (χ4v) is 3.43. The maximum atomic E-state index is 4.74. The number of allylic oxidation sites excluding steroid dienone is 4. The zero-order valence-electron chi connectivity index (χ0n) is 15.8. The predicted octanol–water partition coefficient (Wildman–Crippen LogP) is -2.74. The smallest absolute Gasteiger partial charge is 1.00 e. The second-order valence-electron chi connectivity index (χ2n) is 6.67. The van der Waals surface area contributed by atoms with Crippen LogP contribution in [-0.4, -0.2) is 40.2 Å². The molecule has 5 nitrogen and oxygen atoms in total. The van der Waals surface area contributed by atoms with Crippen LogP contribution < -0.4 is 24.8 Å². The summed E-state index contributed by atoms with van der Waals surface area (Å²) in [5.74, 6) is 1.34. The van der Waals surface area contributed by atoms with Gasteiger partial charge in [-0.2, -0.15) is 0 Å². The van der Waals surface area contributed by atoms with Gasteiger partial charge in [-0.15, -0.1) is 0 Å². The van der Waals surface area contributed by atoms with Gasteiger partial charge in [0.05, 0.1) is 11.4 Å². The Hall–Kier alpha value is -2.05. The number of pyridine rings is 1. The maximum Gasteiger partial charge on any atom is 2.00 e. The van der Waals surface area contributed by atoms with Gasteiger partial charge in [0.15, 0.2) is 11.7 Å². The van der Waals surface area contributed by atoms with Crippen LogP contribution in [0.3, 0.4) is 0 Å². The van der Waals surface area contributed by atoms with Crippen LogP contribution in [0.25, 0.3) is 0 Å². The van der Waals surface area contributed by atoms with Gasteiger partial charge in [-0.25, -0.2) is 15.0 Å². The minimum absolute atomic E-state index is 0. The van der Waals surface area contributed by atoms with Crippen molar-refractivity contribution >= 4 is 23.1 Å². The number of aromatic nitrogens is 1. The zero-order chi connectivity index (χ0) is 17.7. The molecule has 2 unspecified atom stereocenters. The molecule has 29 heavy (non-hydrogen) atoms. The van der Waals surface area contributed by atoms with Crippen molar-refractivity contribution in [3.05, 3.63) is 77.2 Å². The topological polar surface area (TPSA) is 62.3 Å². The first-order valence-corrected chi connectivity index (χ1v) is 8.70. The van der Waals surface area contributed by atoms with E-state index in [1.165, 1.54) is 0 Å². The molecule has 2 aliphatic heterocycles. The first-order valence-electron chi connectivity index (χ1n) is 8.70. The van der Waals surface area contributed by atoms with Crippen LogP contribution in [0.2, 0.25) is 0 Å². The molecule has 4 aliphatic rings. The van der Waals surface area contributed by atoms with Gasteiger partial charge in [0.1, 0.15) is 23.5 Å². The number of aliphatic imine (C=N–C) groups is 4. The summed E-state index contributed by atoms with van der Waals surface area (Å²) in [7, 11) is 0. The molecule has 2 atom stereocenters. The molecule has 0 saturated carbocycles. The average Bonchev–Trinajstić information content (AvgIpc) is 3.28. The molecular weight excluding hydrogens is 444 g/mol. The Labute approximate surface area is 194 Å². The first kappa shape index (κ1) is 23.2. The number of halogens is 2. The summed E-state index contributed by atoms with van der Waals surface area (Å²) in [4.78, 5) is 23.6. The Morgan fingerprint density at radius 1 is 0.724 bits per heavy atom. The first-order chi connectivity index (χ1) is 12.7. The molecule has 8 heteroatoms. The molecule has 145 valence electrons. The van der Waals surface area contributed by atoms with Crippen molar-refractivity contribution in [3.8, 4) is 0 Å². The number of hydrogen-bond donors (Lipinski definition) is 0. The van der Waals surface area contributed by atoms with Crippen LogP contribution >= 0.6 is 0 Å². The molecule has 1 aromatic heterocycles. The van der Waals surface area contributed by atoms with E-state index in [2.05, 4.69) is 38.2 Å². The fourth-order valence-electron chi connectivity index (χ4n) is 3.43.